The highest BCUT2D eigenvalue weighted by Crippen LogP contribution is 2.07. The molecule has 0 saturated carbocycles. The Balaban J connectivity index is 2.78. The van der Waals surface area contributed by atoms with Gasteiger partial charge in [0.25, 0.3) is 0 Å². The lowest BCUT2D eigenvalue weighted by molar-refractivity contribution is -0.385. The largest absolute Gasteiger partial charge is 0.354 e. The fraction of sp³-hybridized carbons (Fsp3) is 0.333. The van der Waals surface area contributed by atoms with Crippen LogP contribution in [0.5, 0.6) is 0 Å². The van der Waals surface area contributed by atoms with Crippen molar-refractivity contribution in [3.63, 3.8) is 0 Å². The molecule has 0 aliphatic heterocycles. The summed E-state index contributed by atoms with van der Waals surface area (Å²) in [4.78, 5) is 17.1. The molecule has 0 bridgehead atoms. The second-order valence-corrected chi connectivity index (χ2v) is 2.05. The van der Waals surface area contributed by atoms with E-state index in [2.05, 4.69) is 15.3 Å². The summed E-state index contributed by atoms with van der Waals surface area (Å²) >= 11 is 0. The zero-order valence-corrected chi connectivity index (χ0v) is 6.52. The zero-order chi connectivity index (χ0) is 8.97. The third kappa shape index (κ3) is 1.88. The number of rotatable bonds is 3. The first-order valence-electron chi connectivity index (χ1n) is 3.44. The van der Waals surface area contributed by atoms with Crippen molar-refractivity contribution in [2.45, 2.75) is 6.92 Å². The highest BCUT2D eigenvalue weighted by molar-refractivity contribution is 5.30. The van der Waals surface area contributed by atoms with E-state index < -0.39 is 4.92 Å². The number of anilines is 1. The van der Waals surface area contributed by atoms with E-state index in [4.69, 9.17) is 0 Å². The lowest BCUT2D eigenvalue weighted by Crippen LogP contribution is -2.02. The van der Waals surface area contributed by atoms with Crippen LogP contribution in [0, 0.1) is 10.1 Å². The number of nitro groups is 1. The summed E-state index contributed by atoms with van der Waals surface area (Å²) in [6, 6.07) is 0. The summed E-state index contributed by atoms with van der Waals surface area (Å²) in [7, 11) is 0. The Morgan fingerprint density at radius 1 is 1.58 bits per heavy atom. The maximum Gasteiger partial charge on any atom is 0.305 e. The van der Waals surface area contributed by atoms with E-state index in [-0.39, 0.29) is 5.69 Å². The average molecular weight is 168 g/mol. The average Bonchev–Trinajstić information content (AvgIpc) is 2.06. The Morgan fingerprint density at radius 2 is 2.17 bits per heavy atom. The van der Waals surface area contributed by atoms with Crippen molar-refractivity contribution in [3.8, 4) is 0 Å². The van der Waals surface area contributed by atoms with Gasteiger partial charge in [-0.2, -0.15) is 0 Å². The van der Waals surface area contributed by atoms with Crippen LogP contribution in [0.25, 0.3) is 0 Å². The van der Waals surface area contributed by atoms with Gasteiger partial charge in [-0.1, -0.05) is 0 Å². The molecule has 0 fully saturated rings. The molecule has 0 radical (unpaired) electrons. The molecule has 12 heavy (non-hydrogen) atoms. The third-order valence-corrected chi connectivity index (χ3v) is 1.18. The van der Waals surface area contributed by atoms with Crippen molar-refractivity contribution >= 4 is 11.6 Å². The van der Waals surface area contributed by atoms with E-state index in [0.717, 1.165) is 0 Å². The predicted octanol–water partition coefficient (Wildman–Crippen LogP) is 0.817. The second kappa shape index (κ2) is 3.61. The fourth-order valence-corrected chi connectivity index (χ4v) is 0.665. The maximum absolute atomic E-state index is 10.2. The summed E-state index contributed by atoms with van der Waals surface area (Å²) in [5.74, 6) is 0.406. The van der Waals surface area contributed by atoms with Crippen molar-refractivity contribution in [1.29, 1.82) is 0 Å². The zero-order valence-electron chi connectivity index (χ0n) is 6.52. The van der Waals surface area contributed by atoms with Crippen LogP contribution in [0.15, 0.2) is 12.4 Å². The van der Waals surface area contributed by atoms with Gasteiger partial charge < -0.3 is 5.32 Å². The van der Waals surface area contributed by atoms with Crippen LogP contribution in [0.1, 0.15) is 6.92 Å². The normalized spacial score (nSPS) is 9.42. The number of aromatic nitrogens is 2. The van der Waals surface area contributed by atoms with Gasteiger partial charge in [0.2, 0.25) is 5.95 Å². The number of nitrogens with zero attached hydrogens (tertiary/aromatic N) is 3. The van der Waals surface area contributed by atoms with Crippen LogP contribution >= 0.6 is 0 Å². The molecule has 0 atom stereocenters. The van der Waals surface area contributed by atoms with Crippen molar-refractivity contribution in [1.82, 2.24) is 9.97 Å². The van der Waals surface area contributed by atoms with E-state index in [9.17, 15) is 10.1 Å². The van der Waals surface area contributed by atoms with Crippen molar-refractivity contribution in [3.05, 3.63) is 22.5 Å². The first-order valence-corrected chi connectivity index (χ1v) is 3.44. The summed E-state index contributed by atoms with van der Waals surface area (Å²) in [6.45, 7) is 2.59. The van der Waals surface area contributed by atoms with Crippen LogP contribution in [0.2, 0.25) is 0 Å². The smallest absolute Gasteiger partial charge is 0.305 e. The molecule has 0 unspecified atom stereocenters. The van der Waals surface area contributed by atoms with E-state index in [1.54, 1.807) is 0 Å². The molecule has 6 heteroatoms. The van der Waals surface area contributed by atoms with Crippen LogP contribution in [-0.2, 0) is 0 Å². The first kappa shape index (κ1) is 8.38. The Kier molecular flexibility index (Phi) is 2.52. The van der Waals surface area contributed by atoms with Crippen molar-refractivity contribution in [2.24, 2.45) is 0 Å². The minimum atomic E-state index is -0.532. The Hall–Kier alpha value is -1.72. The summed E-state index contributed by atoms with van der Waals surface area (Å²) in [6.07, 6.45) is 2.34. The maximum atomic E-state index is 10.2. The molecule has 0 aromatic carbocycles. The van der Waals surface area contributed by atoms with Gasteiger partial charge in [-0.25, -0.2) is 9.97 Å². The lowest BCUT2D eigenvalue weighted by atomic mass is 10.5. The highest BCUT2D eigenvalue weighted by Gasteiger charge is 2.05. The molecular weight excluding hydrogens is 160 g/mol. The van der Waals surface area contributed by atoms with Crippen LogP contribution < -0.4 is 5.32 Å². The van der Waals surface area contributed by atoms with Crippen molar-refractivity contribution in [2.75, 3.05) is 11.9 Å². The first-order chi connectivity index (χ1) is 5.74. The van der Waals surface area contributed by atoms with Crippen LogP contribution in [0.4, 0.5) is 11.6 Å². The predicted molar refractivity (Wildman–Crippen MR) is 42.9 cm³/mol. The molecule has 0 saturated heterocycles. The van der Waals surface area contributed by atoms with Crippen molar-refractivity contribution < 1.29 is 4.92 Å². The summed E-state index contributed by atoms with van der Waals surface area (Å²) in [5.41, 5.74) is -0.100. The topological polar surface area (TPSA) is 81.0 Å². The van der Waals surface area contributed by atoms with Crippen LogP contribution in [-0.4, -0.2) is 21.4 Å². The molecule has 0 aliphatic rings. The third-order valence-electron chi connectivity index (χ3n) is 1.18. The Morgan fingerprint density at radius 3 is 2.58 bits per heavy atom. The van der Waals surface area contributed by atoms with Gasteiger partial charge in [0.1, 0.15) is 12.4 Å². The quantitative estimate of drug-likeness (QED) is 0.533. The minimum absolute atomic E-state index is 0.100. The second-order valence-electron chi connectivity index (χ2n) is 2.05. The van der Waals surface area contributed by atoms with Gasteiger partial charge in [0, 0.05) is 6.54 Å². The van der Waals surface area contributed by atoms with Gasteiger partial charge in [0.15, 0.2) is 0 Å². The van der Waals surface area contributed by atoms with Gasteiger partial charge in [-0.3, -0.25) is 10.1 Å². The molecule has 64 valence electrons. The molecule has 1 heterocycles. The molecule has 6 nitrogen and oxygen atoms in total. The van der Waals surface area contributed by atoms with E-state index >= 15 is 0 Å². The standard InChI is InChI=1S/C6H8N4O2/c1-2-7-6-8-3-5(4-9-6)10(11)12/h3-4H,2H2,1H3,(H,7,8,9). The summed E-state index contributed by atoms with van der Waals surface area (Å²) in [5, 5.41) is 13.0. The molecular formula is C6H8N4O2. The highest BCUT2D eigenvalue weighted by atomic mass is 16.6. The molecule has 1 rings (SSSR count). The number of nitrogens with one attached hydrogen (secondary N) is 1. The number of hydrogen-bond acceptors (Lipinski definition) is 5. The summed E-state index contributed by atoms with van der Waals surface area (Å²) < 4.78 is 0. The fourth-order valence-electron chi connectivity index (χ4n) is 0.665. The van der Waals surface area contributed by atoms with Gasteiger partial charge >= 0.3 is 5.69 Å². The Bertz CT molecular complexity index is 271. The van der Waals surface area contributed by atoms with Crippen LogP contribution in [0.3, 0.4) is 0 Å². The Labute approximate surface area is 68.8 Å². The monoisotopic (exact) mass is 168 g/mol. The molecule has 0 amide bonds. The van der Waals surface area contributed by atoms with Gasteiger partial charge in [0.05, 0.1) is 4.92 Å². The lowest BCUT2D eigenvalue weighted by Gasteiger charge is -1.97. The van der Waals surface area contributed by atoms with E-state index in [1.165, 1.54) is 12.4 Å². The van der Waals surface area contributed by atoms with E-state index in [1.807, 2.05) is 6.92 Å². The molecule has 0 spiro atoms. The van der Waals surface area contributed by atoms with Gasteiger partial charge in [-0.05, 0) is 6.92 Å². The van der Waals surface area contributed by atoms with E-state index in [0.29, 0.717) is 12.5 Å². The molecule has 1 aromatic heterocycles. The number of hydrogen-bond donors (Lipinski definition) is 1. The minimum Gasteiger partial charge on any atom is -0.354 e. The molecule has 1 aromatic rings. The SMILES string of the molecule is CCNc1ncc([N+](=O)[O-])cn1. The van der Waals surface area contributed by atoms with Gasteiger partial charge in [-0.15, -0.1) is 0 Å². The molecule has 0 aliphatic carbocycles. The molecule has 1 N–H and O–H groups in total.